The number of aliphatic carboxylic acids is 1. The van der Waals surface area contributed by atoms with E-state index in [1.54, 1.807) is 0 Å². The standard InChI is InChI=1S/C14H21N3O4/c1-9-8-10(2)17(16-9)7-3-6-15-13(18)11-4-5-12(21-11)14(19)20/h8,11-12H,3-7H2,1-2H3,(H,15,18)(H,19,20)/t11-,12+/m0/s1. The van der Waals surface area contributed by atoms with Crippen molar-refractivity contribution in [2.24, 2.45) is 0 Å². The van der Waals surface area contributed by atoms with E-state index in [-0.39, 0.29) is 5.91 Å². The number of ether oxygens (including phenoxy) is 1. The second kappa shape index (κ2) is 6.71. The van der Waals surface area contributed by atoms with Crippen molar-refractivity contribution in [3.8, 4) is 0 Å². The minimum Gasteiger partial charge on any atom is -0.479 e. The van der Waals surface area contributed by atoms with E-state index in [1.165, 1.54) is 0 Å². The molecule has 116 valence electrons. The van der Waals surface area contributed by atoms with Gasteiger partial charge in [0, 0.05) is 18.8 Å². The van der Waals surface area contributed by atoms with E-state index >= 15 is 0 Å². The lowest BCUT2D eigenvalue weighted by Crippen LogP contribution is -2.36. The van der Waals surface area contributed by atoms with Gasteiger partial charge in [0.1, 0.15) is 6.10 Å². The largest absolute Gasteiger partial charge is 0.479 e. The van der Waals surface area contributed by atoms with E-state index in [1.807, 2.05) is 24.6 Å². The summed E-state index contributed by atoms with van der Waals surface area (Å²) in [6, 6.07) is 2.01. The van der Waals surface area contributed by atoms with E-state index < -0.39 is 18.2 Å². The van der Waals surface area contributed by atoms with Gasteiger partial charge in [0.2, 0.25) is 5.91 Å². The maximum atomic E-state index is 11.8. The van der Waals surface area contributed by atoms with Crippen molar-refractivity contribution in [3.05, 3.63) is 17.5 Å². The van der Waals surface area contributed by atoms with Crippen LogP contribution in [0, 0.1) is 13.8 Å². The molecule has 1 amide bonds. The van der Waals surface area contributed by atoms with Gasteiger partial charge in [-0.3, -0.25) is 9.48 Å². The number of carboxylic acids is 1. The molecule has 0 bridgehead atoms. The quantitative estimate of drug-likeness (QED) is 0.751. The first-order valence-electron chi connectivity index (χ1n) is 7.14. The molecule has 1 aromatic rings. The van der Waals surface area contributed by atoms with Crippen LogP contribution in [0.3, 0.4) is 0 Å². The smallest absolute Gasteiger partial charge is 0.332 e. The third-order valence-corrected chi connectivity index (χ3v) is 3.54. The first-order valence-corrected chi connectivity index (χ1v) is 7.14. The maximum absolute atomic E-state index is 11.8. The number of carbonyl (C=O) groups excluding carboxylic acids is 1. The monoisotopic (exact) mass is 295 g/mol. The Balaban J connectivity index is 1.68. The number of hydrogen-bond acceptors (Lipinski definition) is 4. The zero-order valence-corrected chi connectivity index (χ0v) is 12.3. The van der Waals surface area contributed by atoms with Gasteiger partial charge in [-0.2, -0.15) is 5.10 Å². The second-order valence-corrected chi connectivity index (χ2v) is 5.32. The van der Waals surface area contributed by atoms with Crippen LogP contribution in [0.15, 0.2) is 6.07 Å². The van der Waals surface area contributed by atoms with Crippen molar-refractivity contribution in [3.63, 3.8) is 0 Å². The third kappa shape index (κ3) is 4.04. The molecule has 2 rings (SSSR count). The summed E-state index contributed by atoms with van der Waals surface area (Å²) in [5.41, 5.74) is 2.08. The van der Waals surface area contributed by atoms with Crippen LogP contribution in [0.2, 0.25) is 0 Å². The lowest BCUT2D eigenvalue weighted by Gasteiger charge is -2.12. The van der Waals surface area contributed by atoms with Gasteiger partial charge in [0.15, 0.2) is 6.10 Å². The van der Waals surface area contributed by atoms with Crippen molar-refractivity contribution in [2.45, 2.75) is 51.9 Å². The molecule has 1 saturated heterocycles. The molecule has 2 atom stereocenters. The average Bonchev–Trinajstić information content (AvgIpc) is 3.02. The SMILES string of the molecule is Cc1cc(C)n(CCCNC(=O)[C@@H]2CC[C@H](C(=O)O)O2)n1. The minimum atomic E-state index is -1.00. The van der Waals surface area contributed by atoms with Crippen molar-refractivity contribution in [1.82, 2.24) is 15.1 Å². The number of carbonyl (C=O) groups is 2. The summed E-state index contributed by atoms with van der Waals surface area (Å²) < 4.78 is 7.10. The Bertz CT molecular complexity index is 526. The molecule has 2 N–H and O–H groups in total. The fraction of sp³-hybridized carbons (Fsp3) is 0.643. The van der Waals surface area contributed by atoms with Crippen molar-refractivity contribution < 1.29 is 19.4 Å². The lowest BCUT2D eigenvalue weighted by atomic mass is 10.2. The van der Waals surface area contributed by atoms with Crippen LogP contribution >= 0.6 is 0 Å². The first-order chi connectivity index (χ1) is 9.97. The van der Waals surface area contributed by atoms with Gasteiger partial charge in [0.25, 0.3) is 0 Å². The lowest BCUT2D eigenvalue weighted by molar-refractivity contribution is -0.151. The van der Waals surface area contributed by atoms with Crippen molar-refractivity contribution >= 4 is 11.9 Å². The summed E-state index contributed by atoms with van der Waals surface area (Å²) in [6.07, 6.45) is 0.123. The molecule has 0 saturated carbocycles. The molecule has 0 radical (unpaired) electrons. The van der Waals surface area contributed by atoms with E-state index in [0.29, 0.717) is 19.4 Å². The molecule has 1 aliphatic rings. The number of carboxylic acid groups (broad SMARTS) is 1. The van der Waals surface area contributed by atoms with Gasteiger partial charge in [0.05, 0.1) is 5.69 Å². The number of nitrogens with one attached hydrogen (secondary N) is 1. The molecule has 2 heterocycles. The Hall–Kier alpha value is -1.89. The number of hydrogen-bond donors (Lipinski definition) is 2. The van der Waals surface area contributed by atoms with Crippen LogP contribution < -0.4 is 5.32 Å². The molecule has 0 aliphatic carbocycles. The fourth-order valence-corrected chi connectivity index (χ4v) is 2.47. The van der Waals surface area contributed by atoms with Crippen LogP contribution in [0.1, 0.15) is 30.7 Å². The fourth-order valence-electron chi connectivity index (χ4n) is 2.47. The number of nitrogens with zero attached hydrogens (tertiary/aromatic N) is 2. The van der Waals surface area contributed by atoms with E-state index in [0.717, 1.165) is 24.4 Å². The summed E-state index contributed by atoms with van der Waals surface area (Å²) in [5, 5.41) is 15.9. The molecule has 21 heavy (non-hydrogen) atoms. The highest BCUT2D eigenvalue weighted by Crippen LogP contribution is 2.19. The number of aromatic nitrogens is 2. The van der Waals surface area contributed by atoms with Crippen LogP contribution in [-0.2, 0) is 20.9 Å². The summed E-state index contributed by atoms with van der Waals surface area (Å²) in [6.45, 7) is 5.20. The number of rotatable bonds is 6. The van der Waals surface area contributed by atoms with Gasteiger partial charge in [-0.1, -0.05) is 0 Å². The van der Waals surface area contributed by atoms with Crippen molar-refractivity contribution in [2.75, 3.05) is 6.54 Å². The van der Waals surface area contributed by atoms with E-state index in [9.17, 15) is 9.59 Å². The Morgan fingerprint density at radius 2 is 2.14 bits per heavy atom. The highest BCUT2D eigenvalue weighted by Gasteiger charge is 2.34. The molecule has 0 unspecified atom stereocenters. The predicted octanol–water partition coefficient (Wildman–Crippen LogP) is 0.638. The second-order valence-electron chi connectivity index (χ2n) is 5.32. The highest BCUT2D eigenvalue weighted by molar-refractivity contribution is 5.82. The summed E-state index contributed by atoms with van der Waals surface area (Å²) in [5.74, 6) is -1.23. The van der Waals surface area contributed by atoms with Gasteiger partial charge in [-0.05, 0) is 39.2 Å². The Morgan fingerprint density at radius 1 is 1.43 bits per heavy atom. The topological polar surface area (TPSA) is 93.5 Å². The van der Waals surface area contributed by atoms with Crippen LogP contribution in [0.5, 0.6) is 0 Å². The normalized spacial score (nSPS) is 21.4. The molecule has 1 aromatic heterocycles. The Kier molecular flexibility index (Phi) is 4.95. The Labute approximate surface area is 123 Å². The third-order valence-electron chi connectivity index (χ3n) is 3.54. The average molecular weight is 295 g/mol. The Morgan fingerprint density at radius 3 is 2.71 bits per heavy atom. The van der Waals surface area contributed by atoms with Gasteiger partial charge < -0.3 is 15.2 Å². The van der Waals surface area contributed by atoms with Crippen molar-refractivity contribution in [1.29, 1.82) is 0 Å². The predicted molar refractivity (Wildman–Crippen MR) is 74.9 cm³/mol. The number of aryl methyl sites for hydroxylation is 3. The summed E-state index contributed by atoms with van der Waals surface area (Å²) in [7, 11) is 0. The van der Waals surface area contributed by atoms with Gasteiger partial charge in [-0.25, -0.2) is 4.79 Å². The molecule has 1 fully saturated rings. The molecule has 7 heteroatoms. The van der Waals surface area contributed by atoms with Crippen LogP contribution in [-0.4, -0.2) is 45.5 Å². The maximum Gasteiger partial charge on any atom is 0.332 e. The van der Waals surface area contributed by atoms with Gasteiger partial charge in [-0.15, -0.1) is 0 Å². The summed E-state index contributed by atoms with van der Waals surface area (Å²) >= 11 is 0. The summed E-state index contributed by atoms with van der Waals surface area (Å²) in [4.78, 5) is 22.6. The highest BCUT2D eigenvalue weighted by atomic mass is 16.5. The number of amides is 1. The molecular weight excluding hydrogens is 274 g/mol. The molecule has 0 aromatic carbocycles. The molecule has 0 spiro atoms. The first kappa shape index (κ1) is 15.5. The molecule has 1 aliphatic heterocycles. The van der Waals surface area contributed by atoms with E-state index in [4.69, 9.17) is 9.84 Å². The van der Waals surface area contributed by atoms with E-state index in [2.05, 4.69) is 10.4 Å². The zero-order chi connectivity index (χ0) is 15.4. The minimum absolute atomic E-state index is 0.230. The molecular formula is C14H21N3O4. The van der Waals surface area contributed by atoms with Crippen LogP contribution in [0.4, 0.5) is 0 Å². The zero-order valence-electron chi connectivity index (χ0n) is 12.3. The molecule has 7 nitrogen and oxygen atoms in total. The van der Waals surface area contributed by atoms with Crippen LogP contribution in [0.25, 0.3) is 0 Å². The van der Waals surface area contributed by atoms with Gasteiger partial charge >= 0.3 is 5.97 Å².